The maximum absolute atomic E-state index is 6.32. The van der Waals surface area contributed by atoms with Gasteiger partial charge in [-0.05, 0) is 80.9 Å². The molecule has 0 saturated heterocycles. The van der Waals surface area contributed by atoms with Gasteiger partial charge in [0.05, 0.1) is 33.8 Å². The standard InChI is InChI=1S/C47H48Cl2N6.ClH/c1-3-5-26-54-42-14-9-7-12-38(42)40-28-36(52-44(46(40)54)32-16-20-34(48)21-17-32)30-50-24-11-25-51-31-37-29-41-39-13-8-10-15-43(39)55(27-6-4-2)47(41)45(53-37)33-18-22-35(49)23-19-33;/h7-10,12-23,28-29,50-51H,3-6,11,24-27,30-31H2,1-2H3;1H. The lowest BCUT2D eigenvalue weighted by molar-refractivity contribution is 0.588. The molecule has 288 valence electrons. The van der Waals surface area contributed by atoms with Crippen LogP contribution in [0.15, 0.2) is 109 Å². The van der Waals surface area contributed by atoms with Crippen molar-refractivity contribution in [2.75, 3.05) is 13.1 Å². The molecular weight excluding hydrogens is 755 g/mol. The minimum absolute atomic E-state index is 0. The van der Waals surface area contributed by atoms with E-state index >= 15 is 0 Å². The van der Waals surface area contributed by atoms with Gasteiger partial charge in [0.25, 0.3) is 0 Å². The summed E-state index contributed by atoms with van der Waals surface area (Å²) in [5, 5.41) is 13.9. The lowest BCUT2D eigenvalue weighted by atomic mass is 10.1. The molecule has 2 N–H and O–H groups in total. The minimum Gasteiger partial charge on any atom is -0.339 e. The molecule has 0 spiro atoms. The lowest BCUT2D eigenvalue weighted by Crippen LogP contribution is -2.22. The van der Waals surface area contributed by atoms with E-state index in [1.807, 2.05) is 24.3 Å². The van der Waals surface area contributed by atoms with Crippen molar-refractivity contribution in [3.8, 4) is 22.5 Å². The van der Waals surface area contributed by atoms with Crippen molar-refractivity contribution in [3.63, 3.8) is 0 Å². The Hall–Kier alpha value is -4.43. The van der Waals surface area contributed by atoms with Gasteiger partial charge >= 0.3 is 0 Å². The highest BCUT2D eigenvalue weighted by Crippen LogP contribution is 2.38. The van der Waals surface area contributed by atoms with Gasteiger partial charge in [-0.1, -0.05) is 111 Å². The highest BCUT2D eigenvalue weighted by molar-refractivity contribution is 6.31. The first-order valence-corrected chi connectivity index (χ1v) is 20.5. The molecule has 4 aromatic carbocycles. The number of rotatable bonds is 16. The average Bonchev–Trinajstić information content (AvgIpc) is 3.71. The van der Waals surface area contributed by atoms with E-state index in [4.69, 9.17) is 33.2 Å². The van der Waals surface area contributed by atoms with Gasteiger partial charge in [-0.3, -0.25) is 0 Å². The summed E-state index contributed by atoms with van der Waals surface area (Å²) in [4.78, 5) is 10.6. The van der Waals surface area contributed by atoms with Crippen molar-refractivity contribution in [1.29, 1.82) is 0 Å². The Balaban J connectivity index is 0.00000480. The smallest absolute Gasteiger partial charge is 0.0949 e. The van der Waals surface area contributed by atoms with Gasteiger partial charge in [-0.15, -0.1) is 12.4 Å². The van der Waals surface area contributed by atoms with E-state index in [2.05, 4.69) is 119 Å². The van der Waals surface area contributed by atoms with Crippen molar-refractivity contribution in [3.05, 3.63) is 131 Å². The molecule has 0 bridgehead atoms. The fraction of sp³-hybridized carbons (Fsp3) is 0.277. The molecule has 6 nitrogen and oxygen atoms in total. The van der Waals surface area contributed by atoms with E-state index in [-0.39, 0.29) is 12.4 Å². The third-order valence-electron chi connectivity index (χ3n) is 10.6. The number of pyridine rings is 2. The van der Waals surface area contributed by atoms with Gasteiger partial charge in [0.1, 0.15) is 0 Å². The van der Waals surface area contributed by atoms with E-state index in [0.29, 0.717) is 13.1 Å². The first-order chi connectivity index (χ1) is 27.0. The van der Waals surface area contributed by atoms with Crippen LogP contribution in [0.5, 0.6) is 0 Å². The van der Waals surface area contributed by atoms with E-state index < -0.39 is 0 Å². The van der Waals surface area contributed by atoms with Crippen LogP contribution in [-0.4, -0.2) is 32.2 Å². The second-order valence-corrected chi connectivity index (χ2v) is 15.4. The number of fused-ring (bicyclic) bond motifs is 6. The topological polar surface area (TPSA) is 59.7 Å². The molecule has 9 heteroatoms. The quantitative estimate of drug-likeness (QED) is 0.0955. The van der Waals surface area contributed by atoms with Gasteiger partial charge in [0.2, 0.25) is 0 Å². The second-order valence-electron chi connectivity index (χ2n) is 14.5. The number of unbranched alkanes of at least 4 members (excludes halogenated alkanes) is 2. The van der Waals surface area contributed by atoms with Gasteiger partial charge in [-0.25, -0.2) is 9.97 Å². The molecule has 0 aliphatic carbocycles. The molecule has 0 radical (unpaired) electrons. The highest BCUT2D eigenvalue weighted by atomic mass is 35.5. The van der Waals surface area contributed by atoms with Crippen molar-refractivity contribution < 1.29 is 0 Å². The Morgan fingerprint density at radius 1 is 0.518 bits per heavy atom. The first-order valence-electron chi connectivity index (χ1n) is 19.8. The third kappa shape index (κ3) is 8.18. The summed E-state index contributed by atoms with van der Waals surface area (Å²) in [6.07, 6.45) is 5.47. The summed E-state index contributed by atoms with van der Waals surface area (Å²) in [7, 11) is 0. The zero-order valence-corrected chi connectivity index (χ0v) is 34.5. The zero-order valence-electron chi connectivity index (χ0n) is 32.1. The summed E-state index contributed by atoms with van der Waals surface area (Å²) in [6, 6.07) is 38.2. The normalized spacial score (nSPS) is 11.6. The Kier molecular flexibility index (Phi) is 13.0. The molecular formula is C47H49Cl3N6. The van der Waals surface area contributed by atoms with Crippen LogP contribution >= 0.6 is 35.6 Å². The number of halogens is 3. The van der Waals surface area contributed by atoms with Crippen LogP contribution in [0.2, 0.25) is 10.0 Å². The van der Waals surface area contributed by atoms with E-state index in [9.17, 15) is 0 Å². The SMILES string of the molecule is CCCCn1c2ccccc2c2cc(CNCCCNCc3cc4c5ccccc5n(CCCC)c4c(-c4ccc(Cl)cc4)n3)nc(-c3ccc(Cl)cc3)c21.Cl. The molecule has 8 rings (SSSR count). The molecule has 4 heterocycles. The van der Waals surface area contributed by atoms with E-state index in [1.165, 1.54) is 43.6 Å². The first kappa shape index (κ1) is 39.8. The zero-order chi connectivity index (χ0) is 37.7. The Labute approximate surface area is 345 Å². The van der Waals surface area contributed by atoms with Crippen LogP contribution in [0.4, 0.5) is 0 Å². The van der Waals surface area contributed by atoms with Crippen molar-refractivity contribution in [1.82, 2.24) is 29.7 Å². The van der Waals surface area contributed by atoms with Crippen LogP contribution in [0, 0.1) is 0 Å². The van der Waals surface area contributed by atoms with Gasteiger partial charge < -0.3 is 19.8 Å². The molecule has 56 heavy (non-hydrogen) atoms. The summed E-state index contributed by atoms with van der Waals surface area (Å²) < 4.78 is 4.92. The van der Waals surface area contributed by atoms with Crippen LogP contribution in [0.25, 0.3) is 66.1 Å². The van der Waals surface area contributed by atoms with Gasteiger partial charge in [0.15, 0.2) is 0 Å². The lowest BCUT2D eigenvalue weighted by Gasteiger charge is -2.13. The van der Waals surface area contributed by atoms with Crippen LogP contribution in [0.3, 0.4) is 0 Å². The Bertz CT molecular complexity index is 2390. The average molecular weight is 804 g/mol. The second kappa shape index (κ2) is 18.2. The van der Waals surface area contributed by atoms with Crippen molar-refractivity contribution >= 4 is 79.2 Å². The largest absolute Gasteiger partial charge is 0.339 e. The fourth-order valence-electron chi connectivity index (χ4n) is 7.92. The Morgan fingerprint density at radius 3 is 1.34 bits per heavy atom. The molecule has 0 amide bonds. The van der Waals surface area contributed by atoms with Crippen LogP contribution in [0.1, 0.15) is 57.3 Å². The number of para-hydroxylation sites is 2. The summed E-state index contributed by atoms with van der Waals surface area (Å²) in [6.45, 7) is 9.53. The summed E-state index contributed by atoms with van der Waals surface area (Å²) in [5.41, 5.74) is 11.2. The van der Waals surface area contributed by atoms with Crippen molar-refractivity contribution in [2.24, 2.45) is 0 Å². The molecule has 0 unspecified atom stereocenters. The predicted octanol–water partition coefficient (Wildman–Crippen LogP) is 12.6. The summed E-state index contributed by atoms with van der Waals surface area (Å²) >= 11 is 12.6. The monoisotopic (exact) mass is 802 g/mol. The minimum atomic E-state index is 0. The Morgan fingerprint density at radius 2 is 0.929 bits per heavy atom. The molecule has 4 aromatic heterocycles. The summed E-state index contributed by atoms with van der Waals surface area (Å²) in [5.74, 6) is 0. The molecule has 0 atom stereocenters. The van der Waals surface area contributed by atoms with Gasteiger partial charge in [-0.2, -0.15) is 0 Å². The molecule has 0 aliphatic rings. The number of benzene rings is 4. The van der Waals surface area contributed by atoms with Gasteiger partial charge in [0, 0.05) is 79.9 Å². The van der Waals surface area contributed by atoms with Crippen LogP contribution in [-0.2, 0) is 26.2 Å². The number of hydrogen-bond acceptors (Lipinski definition) is 4. The fourth-order valence-corrected chi connectivity index (χ4v) is 8.17. The van der Waals surface area contributed by atoms with Crippen LogP contribution < -0.4 is 10.6 Å². The number of aromatic nitrogens is 4. The van der Waals surface area contributed by atoms with Crippen molar-refractivity contribution in [2.45, 2.75) is 72.1 Å². The maximum Gasteiger partial charge on any atom is 0.0949 e. The van der Waals surface area contributed by atoms with E-state index in [0.717, 1.165) is 102 Å². The molecule has 8 aromatic rings. The van der Waals surface area contributed by atoms with E-state index in [1.54, 1.807) is 0 Å². The third-order valence-corrected chi connectivity index (χ3v) is 11.1. The molecule has 0 saturated carbocycles. The number of nitrogens with zero attached hydrogens (tertiary/aromatic N) is 4. The molecule has 0 aliphatic heterocycles. The maximum atomic E-state index is 6.32. The number of nitrogens with one attached hydrogen (secondary N) is 2. The molecule has 0 fully saturated rings. The predicted molar refractivity (Wildman–Crippen MR) is 240 cm³/mol. The highest BCUT2D eigenvalue weighted by Gasteiger charge is 2.19. The number of aryl methyl sites for hydroxylation is 2. The number of hydrogen-bond donors (Lipinski definition) is 2.